The third kappa shape index (κ3) is 3.58. The van der Waals surface area contributed by atoms with Crippen LogP contribution in [0.25, 0.3) is 0 Å². The van der Waals surface area contributed by atoms with Gasteiger partial charge in [-0.15, -0.1) is 11.8 Å². The molecule has 1 atom stereocenters. The number of benzene rings is 1. The smallest absolute Gasteiger partial charge is 0.270 e. The molecule has 3 N–H and O–H groups in total. The predicted molar refractivity (Wildman–Crippen MR) is 108 cm³/mol. The van der Waals surface area contributed by atoms with Crippen molar-refractivity contribution >= 4 is 23.5 Å². The molecule has 1 aromatic carbocycles. The van der Waals surface area contributed by atoms with Crippen molar-refractivity contribution in [3.8, 4) is 17.2 Å². The molecule has 3 heterocycles. The molecule has 4 rings (SSSR count). The molecule has 156 valence electrons. The molecule has 0 spiro atoms. The molecule has 2 aromatic rings. The van der Waals surface area contributed by atoms with E-state index in [1.54, 1.807) is 16.8 Å². The molecule has 0 bridgehead atoms. The average Bonchev–Trinajstić information content (AvgIpc) is 2.94. The van der Waals surface area contributed by atoms with E-state index in [9.17, 15) is 14.7 Å². The summed E-state index contributed by atoms with van der Waals surface area (Å²) < 4.78 is 17.7. The number of carbonyl (C=O) groups excluding carboxylic acids is 1. The number of anilines is 1. The first kappa shape index (κ1) is 19.7. The van der Waals surface area contributed by atoms with Crippen molar-refractivity contribution in [3.63, 3.8) is 0 Å². The molecule has 1 saturated heterocycles. The number of nitrogens with zero attached hydrogens (tertiary/aromatic N) is 1. The monoisotopic (exact) mass is 421 g/mol. The second-order valence-corrected chi connectivity index (χ2v) is 8.02. The molecule has 9 nitrogen and oxygen atoms in total. The number of phenols is 1. The zero-order valence-electron chi connectivity index (χ0n) is 16.2. The number of carbonyl (C=O) groups is 1. The van der Waals surface area contributed by atoms with Crippen LogP contribution in [0.4, 0.5) is 5.82 Å². The Bertz CT molecular complexity index is 954. The van der Waals surface area contributed by atoms with Gasteiger partial charge in [-0.3, -0.25) is 19.4 Å². The van der Waals surface area contributed by atoms with Crippen molar-refractivity contribution in [2.45, 2.75) is 24.1 Å². The van der Waals surface area contributed by atoms with E-state index in [1.807, 2.05) is 0 Å². The standard InChI is InChI=1S/C19H23N3O6S/c1-26-12-7-10(8-13(27-2)16(12)24)17-15-18(20-14(23)9-29-17)22(21-19(15)25)11-3-5-28-6-4-11/h7-8,11,17,24H,3-6,9H2,1-2H3,(H,20,23)(H,21,25)/t17-/m0/s1. The fourth-order valence-electron chi connectivity index (χ4n) is 3.79. The molecule has 2 aliphatic heterocycles. The number of aromatic nitrogens is 2. The quantitative estimate of drug-likeness (QED) is 0.692. The van der Waals surface area contributed by atoms with Gasteiger partial charge in [-0.25, -0.2) is 0 Å². The minimum absolute atomic E-state index is 0.0492. The highest BCUT2D eigenvalue weighted by Crippen LogP contribution is 2.46. The van der Waals surface area contributed by atoms with Crippen LogP contribution >= 0.6 is 11.8 Å². The molecule has 0 saturated carbocycles. The summed E-state index contributed by atoms with van der Waals surface area (Å²) in [4.78, 5) is 25.4. The minimum atomic E-state index is -0.433. The van der Waals surface area contributed by atoms with E-state index in [-0.39, 0.29) is 40.5 Å². The minimum Gasteiger partial charge on any atom is -0.502 e. The molecule has 10 heteroatoms. The van der Waals surface area contributed by atoms with Gasteiger partial charge >= 0.3 is 0 Å². The molecular formula is C19H23N3O6S. The Morgan fingerprint density at radius 1 is 1.17 bits per heavy atom. The van der Waals surface area contributed by atoms with E-state index < -0.39 is 5.25 Å². The Morgan fingerprint density at radius 3 is 2.45 bits per heavy atom. The molecule has 1 amide bonds. The van der Waals surface area contributed by atoms with Crippen LogP contribution in [0.1, 0.15) is 35.3 Å². The maximum absolute atomic E-state index is 13.0. The zero-order chi connectivity index (χ0) is 20.5. The lowest BCUT2D eigenvalue weighted by Gasteiger charge is -2.25. The van der Waals surface area contributed by atoms with E-state index in [0.717, 1.165) is 12.8 Å². The normalized spacial score (nSPS) is 19.9. The van der Waals surface area contributed by atoms with Crippen LogP contribution in [0.2, 0.25) is 0 Å². The van der Waals surface area contributed by atoms with E-state index >= 15 is 0 Å². The highest BCUT2D eigenvalue weighted by molar-refractivity contribution is 8.00. The Labute approximate surface area is 171 Å². The second kappa shape index (κ2) is 8.03. The molecule has 2 aliphatic rings. The number of amides is 1. The van der Waals surface area contributed by atoms with Crippen LogP contribution in [0.3, 0.4) is 0 Å². The summed E-state index contributed by atoms with van der Waals surface area (Å²) in [5, 5.41) is 15.6. The number of ether oxygens (including phenoxy) is 3. The number of H-pyrrole nitrogens is 1. The molecule has 0 unspecified atom stereocenters. The Kier molecular flexibility index (Phi) is 5.46. The van der Waals surface area contributed by atoms with Crippen LogP contribution in [-0.4, -0.2) is 54.0 Å². The number of rotatable bonds is 4. The van der Waals surface area contributed by atoms with Crippen LogP contribution in [0.15, 0.2) is 16.9 Å². The van der Waals surface area contributed by atoms with Crippen molar-refractivity contribution in [1.82, 2.24) is 9.78 Å². The lowest BCUT2D eigenvalue weighted by Crippen LogP contribution is -2.24. The molecular weight excluding hydrogens is 398 g/mol. The Morgan fingerprint density at radius 2 is 1.83 bits per heavy atom. The Hall–Kier alpha value is -2.59. The van der Waals surface area contributed by atoms with Gasteiger partial charge in [0.15, 0.2) is 11.5 Å². The van der Waals surface area contributed by atoms with E-state index in [1.165, 1.54) is 26.0 Å². The maximum atomic E-state index is 13.0. The third-order valence-electron chi connectivity index (χ3n) is 5.22. The highest BCUT2D eigenvalue weighted by atomic mass is 32.2. The lowest BCUT2D eigenvalue weighted by atomic mass is 10.0. The van der Waals surface area contributed by atoms with Crippen LogP contribution < -0.4 is 20.3 Å². The average molecular weight is 421 g/mol. The van der Waals surface area contributed by atoms with E-state index in [2.05, 4.69) is 10.4 Å². The SMILES string of the molecule is COc1cc([C@@H]2SCC(=O)Nc3c2c(=O)[nH]n3C2CCOCC2)cc(OC)c1O. The summed E-state index contributed by atoms with van der Waals surface area (Å²) in [6, 6.07) is 3.38. The van der Waals surface area contributed by atoms with Crippen LogP contribution in [0.5, 0.6) is 17.2 Å². The number of aromatic hydroxyl groups is 1. The van der Waals surface area contributed by atoms with Crippen molar-refractivity contribution in [1.29, 1.82) is 0 Å². The summed E-state index contributed by atoms with van der Waals surface area (Å²) in [5.74, 6) is 0.887. The van der Waals surface area contributed by atoms with Gasteiger partial charge in [0.2, 0.25) is 11.7 Å². The van der Waals surface area contributed by atoms with Gasteiger partial charge < -0.3 is 24.6 Å². The number of aromatic amines is 1. The summed E-state index contributed by atoms with van der Waals surface area (Å²) >= 11 is 1.34. The van der Waals surface area contributed by atoms with Crippen LogP contribution in [-0.2, 0) is 9.53 Å². The zero-order valence-corrected chi connectivity index (χ0v) is 17.0. The number of thioether (sulfide) groups is 1. The number of nitrogens with one attached hydrogen (secondary N) is 2. The fraction of sp³-hybridized carbons (Fsp3) is 0.474. The van der Waals surface area contributed by atoms with Gasteiger partial charge in [-0.05, 0) is 30.5 Å². The number of hydrogen-bond donors (Lipinski definition) is 3. The van der Waals surface area contributed by atoms with Gasteiger partial charge in [0.1, 0.15) is 5.82 Å². The Balaban J connectivity index is 1.84. The third-order valence-corrected chi connectivity index (χ3v) is 6.49. The van der Waals surface area contributed by atoms with Gasteiger partial charge in [-0.1, -0.05) is 0 Å². The first-order valence-corrected chi connectivity index (χ1v) is 10.4. The van der Waals surface area contributed by atoms with Crippen LogP contribution in [0, 0.1) is 0 Å². The highest BCUT2D eigenvalue weighted by Gasteiger charge is 2.33. The molecule has 0 aliphatic carbocycles. The second-order valence-electron chi connectivity index (χ2n) is 6.93. The lowest BCUT2D eigenvalue weighted by molar-refractivity contribution is -0.113. The predicted octanol–water partition coefficient (Wildman–Crippen LogP) is 2.03. The summed E-state index contributed by atoms with van der Waals surface area (Å²) in [6.45, 7) is 1.22. The van der Waals surface area contributed by atoms with Crippen molar-refractivity contribution in [3.05, 3.63) is 33.6 Å². The van der Waals surface area contributed by atoms with E-state index in [0.29, 0.717) is 30.2 Å². The topological polar surface area (TPSA) is 115 Å². The summed E-state index contributed by atoms with van der Waals surface area (Å²) in [5.41, 5.74) is 0.925. The fourth-order valence-corrected chi connectivity index (χ4v) is 4.89. The van der Waals surface area contributed by atoms with Gasteiger partial charge in [0, 0.05) is 13.2 Å². The van der Waals surface area contributed by atoms with Gasteiger partial charge in [-0.2, -0.15) is 0 Å². The molecule has 1 fully saturated rings. The van der Waals surface area contributed by atoms with Gasteiger partial charge in [0.05, 0.1) is 36.8 Å². The maximum Gasteiger partial charge on any atom is 0.270 e. The first-order chi connectivity index (χ1) is 14.0. The van der Waals surface area contributed by atoms with Crippen molar-refractivity contribution in [2.24, 2.45) is 0 Å². The number of phenolic OH excluding ortho intramolecular Hbond substituents is 1. The van der Waals surface area contributed by atoms with Crippen molar-refractivity contribution in [2.75, 3.05) is 38.5 Å². The summed E-state index contributed by atoms with van der Waals surface area (Å²) in [6.07, 6.45) is 1.51. The number of hydrogen-bond acceptors (Lipinski definition) is 7. The molecule has 29 heavy (non-hydrogen) atoms. The number of fused-ring (bicyclic) bond motifs is 1. The molecule has 0 radical (unpaired) electrons. The first-order valence-electron chi connectivity index (χ1n) is 9.32. The van der Waals surface area contributed by atoms with E-state index in [4.69, 9.17) is 14.2 Å². The van der Waals surface area contributed by atoms with Crippen molar-refractivity contribution < 1.29 is 24.1 Å². The van der Waals surface area contributed by atoms with Gasteiger partial charge in [0.25, 0.3) is 5.56 Å². The summed E-state index contributed by atoms with van der Waals surface area (Å²) in [7, 11) is 2.90. The largest absolute Gasteiger partial charge is 0.502 e. The molecule has 1 aromatic heterocycles. The number of methoxy groups -OCH3 is 2.